The minimum absolute atomic E-state index is 0.140. The summed E-state index contributed by atoms with van der Waals surface area (Å²) >= 11 is 1.53. The highest BCUT2D eigenvalue weighted by Crippen LogP contribution is 2.38. The average Bonchev–Trinajstić information content (AvgIpc) is 3.23. The number of nitrogens with zero attached hydrogens (tertiary/aromatic N) is 3. The van der Waals surface area contributed by atoms with Crippen LogP contribution in [0.2, 0.25) is 0 Å². The summed E-state index contributed by atoms with van der Waals surface area (Å²) in [7, 11) is 8.66. The van der Waals surface area contributed by atoms with E-state index in [9.17, 15) is 4.79 Å². The van der Waals surface area contributed by atoms with E-state index in [4.69, 9.17) is 19.2 Å². The van der Waals surface area contributed by atoms with Gasteiger partial charge in [-0.15, -0.1) is 0 Å². The molecule has 1 heterocycles. The minimum atomic E-state index is -0.140. The maximum absolute atomic E-state index is 13.3. The fourth-order valence-corrected chi connectivity index (χ4v) is 4.44. The SMILES string of the molecule is COc1cc(C=CC(=O)N(CCN(C)C)c2nc3c(C)c(C)ccc3s2)cc(OC)c1OC. The molecule has 1 aromatic heterocycles. The van der Waals surface area contributed by atoms with Gasteiger partial charge in [0.05, 0.1) is 31.5 Å². The standard InChI is InChI=1S/C25H31N3O4S/c1-16-8-10-21-23(17(16)2)26-25(33-21)28(13-12-27(3)4)22(29)11-9-18-14-19(30-5)24(32-7)20(15-18)31-6/h8-11,14-15H,12-13H2,1-7H3. The molecule has 33 heavy (non-hydrogen) atoms. The third-order valence-corrected chi connectivity index (χ3v) is 6.49. The summed E-state index contributed by atoms with van der Waals surface area (Å²) in [6.07, 6.45) is 3.30. The Hall–Kier alpha value is -3.10. The van der Waals surface area contributed by atoms with E-state index in [0.717, 1.165) is 27.9 Å². The molecule has 0 aliphatic carbocycles. The van der Waals surface area contributed by atoms with Crippen molar-refractivity contribution in [2.75, 3.05) is 53.4 Å². The van der Waals surface area contributed by atoms with Gasteiger partial charge >= 0.3 is 0 Å². The summed E-state index contributed by atoms with van der Waals surface area (Å²) in [6, 6.07) is 7.77. The first-order valence-electron chi connectivity index (χ1n) is 10.6. The fourth-order valence-electron chi connectivity index (χ4n) is 3.38. The van der Waals surface area contributed by atoms with Crippen molar-refractivity contribution in [3.8, 4) is 17.2 Å². The van der Waals surface area contributed by atoms with E-state index in [0.29, 0.717) is 28.9 Å². The van der Waals surface area contributed by atoms with Crippen LogP contribution in [0.5, 0.6) is 17.2 Å². The molecule has 3 rings (SSSR count). The topological polar surface area (TPSA) is 64.1 Å². The molecule has 0 spiro atoms. The molecule has 0 aliphatic rings. The van der Waals surface area contributed by atoms with Gasteiger partial charge in [-0.25, -0.2) is 4.98 Å². The van der Waals surface area contributed by atoms with Gasteiger partial charge < -0.3 is 19.1 Å². The Balaban J connectivity index is 1.95. The van der Waals surface area contributed by atoms with Gasteiger partial charge in [-0.2, -0.15) is 0 Å². The number of anilines is 1. The summed E-state index contributed by atoms with van der Waals surface area (Å²) in [5, 5.41) is 0.695. The van der Waals surface area contributed by atoms with Crippen LogP contribution in [0.4, 0.5) is 5.13 Å². The van der Waals surface area contributed by atoms with Crippen LogP contribution >= 0.6 is 11.3 Å². The van der Waals surface area contributed by atoms with Gasteiger partial charge in [0.2, 0.25) is 5.75 Å². The van der Waals surface area contributed by atoms with Gasteiger partial charge in [0.1, 0.15) is 0 Å². The van der Waals surface area contributed by atoms with Crippen LogP contribution in [0.15, 0.2) is 30.3 Å². The normalized spacial score (nSPS) is 11.4. The molecule has 1 amide bonds. The molecule has 0 N–H and O–H groups in total. The zero-order chi connectivity index (χ0) is 24.1. The molecule has 176 valence electrons. The van der Waals surface area contributed by atoms with E-state index in [1.807, 2.05) is 19.0 Å². The molecule has 2 aromatic carbocycles. The van der Waals surface area contributed by atoms with Crippen LogP contribution in [0.3, 0.4) is 0 Å². The highest BCUT2D eigenvalue weighted by Gasteiger charge is 2.19. The third kappa shape index (κ3) is 5.46. The molecular weight excluding hydrogens is 438 g/mol. The number of likely N-dealkylation sites (N-methyl/N-ethyl adjacent to an activating group) is 1. The molecule has 0 aliphatic heterocycles. The molecule has 0 radical (unpaired) electrons. The lowest BCUT2D eigenvalue weighted by Crippen LogP contribution is -2.35. The van der Waals surface area contributed by atoms with Crippen molar-refractivity contribution < 1.29 is 19.0 Å². The average molecular weight is 470 g/mol. The first kappa shape index (κ1) is 24.5. The highest BCUT2D eigenvalue weighted by atomic mass is 32.1. The lowest BCUT2D eigenvalue weighted by atomic mass is 10.1. The van der Waals surface area contributed by atoms with E-state index in [2.05, 4.69) is 26.0 Å². The first-order chi connectivity index (χ1) is 15.8. The van der Waals surface area contributed by atoms with Crippen molar-refractivity contribution in [2.24, 2.45) is 0 Å². The van der Waals surface area contributed by atoms with E-state index in [1.54, 1.807) is 50.5 Å². The quantitative estimate of drug-likeness (QED) is 0.429. The molecular formula is C25H31N3O4S. The molecule has 3 aromatic rings. The van der Waals surface area contributed by atoms with Crippen molar-refractivity contribution in [3.05, 3.63) is 47.0 Å². The van der Waals surface area contributed by atoms with E-state index >= 15 is 0 Å². The van der Waals surface area contributed by atoms with Gasteiger partial charge in [0.25, 0.3) is 5.91 Å². The van der Waals surface area contributed by atoms with Crippen molar-refractivity contribution >= 4 is 38.7 Å². The number of benzene rings is 2. The molecule has 0 unspecified atom stereocenters. The Morgan fingerprint density at radius 3 is 2.27 bits per heavy atom. The van der Waals surface area contributed by atoms with Gasteiger partial charge in [-0.05, 0) is 68.9 Å². The van der Waals surface area contributed by atoms with Crippen LogP contribution in [-0.2, 0) is 4.79 Å². The maximum Gasteiger partial charge on any atom is 0.252 e. The highest BCUT2D eigenvalue weighted by molar-refractivity contribution is 7.22. The number of methoxy groups -OCH3 is 3. The summed E-state index contributed by atoms with van der Waals surface area (Å²) in [4.78, 5) is 21.9. The van der Waals surface area contributed by atoms with Crippen LogP contribution in [-0.4, -0.2) is 64.3 Å². The number of ether oxygens (including phenoxy) is 3. The number of rotatable bonds is 9. The number of carbonyl (C=O) groups is 1. The van der Waals surface area contributed by atoms with E-state index < -0.39 is 0 Å². The number of aryl methyl sites for hydroxylation is 2. The van der Waals surface area contributed by atoms with Crippen LogP contribution < -0.4 is 19.1 Å². The van der Waals surface area contributed by atoms with Crippen molar-refractivity contribution in [3.63, 3.8) is 0 Å². The minimum Gasteiger partial charge on any atom is -0.493 e. The summed E-state index contributed by atoms with van der Waals surface area (Å²) in [5.74, 6) is 1.44. The van der Waals surface area contributed by atoms with Gasteiger partial charge in [0.15, 0.2) is 16.6 Å². The largest absolute Gasteiger partial charge is 0.493 e. The van der Waals surface area contributed by atoms with Crippen molar-refractivity contribution in [1.82, 2.24) is 9.88 Å². The molecule has 7 nitrogen and oxygen atoms in total. The smallest absolute Gasteiger partial charge is 0.252 e. The predicted octanol–water partition coefficient (Wildman–Crippen LogP) is 4.55. The number of amides is 1. The second-order valence-corrected chi connectivity index (χ2v) is 8.94. The summed E-state index contributed by atoms with van der Waals surface area (Å²) < 4.78 is 17.3. The predicted molar refractivity (Wildman–Crippen MR) is 135 cm³/mol. The number of carbonyl (C=O) groups excluding carboxylic acids is 1. The second-order valence-electron chi connectivity index (χ2n) is 7.94. The second kappa shape index (κ2) is 10.7. The Morgan fingerprint density at radius 1 is 1.03 bits per heavy atom. The number of hydrogen-bond acceptors (Lipinski definition) is 7. The Kier molecular flexibility index (Phi) is 7.94. The molecule has 0 atom stereocenters. The number of hydrogen-bond donors (Lipinski definition) is 0. The Labute approximate surface area is 199 Å². The number of thiazole rings is 1. The zero-order valence-electron chi connectivity index (χ0n) is 20.3. The number of fused-ring (bicyclic) bond motifs is 1. The molecule has 0 bridgehead atoms. The molecule has 0 saturated heterocycles. The zero-order valence-corrected chi connectivity index (χ0v) is 21.1. The fraction of sp³-hybridized carbons (Fsp3) is 0.360. The lowest BCUT2D eigenvalue weighted by molar-refractivity contribution is -0.114. The lowest BCUT2D eigenvalue weighted by Gasteiger charge is -2.20. The molecule has 0 fully saturated rings. The van der Waals surface area contributed by atoms with Crippen LogP contribution in [0.1, 0.15) is 16.7 Å². The first-order valence-corrected chi connectivity index (χ1v) is 11.4. The van der Waals surface area contributed by atoms with Crippen LogP contribution in [0.25, 0.3) is 16.3 Å². The monoisotopic (exact) mass is 469 g/mol. The van der Waals surface area contributed by atoms with Crippen molar-refractivity contribution in [2.45, 2.75) is 13.8 Å². The number of aromatic nitrogens is 1. The van der Waals surface area contributed by atoms with E-state index in [1.165, 1.54) is 16.9 Å². The Bertz CT molecular complexity index is 1140. The molecule has 8 heteroatoms. The summed E-state index contributed by atoms with van der Waals surface area (Å²) in [6.45, 7) is 5.39. The third-order valence-electron chi connectivity index (χ3n) is 5.45. The van der Waals surface area contributed by atoms with Crippen LogP contribution in [0, 0.1) is 13.8 Å². The Morgan fingerprint density at radius 2 is 1.70 bits per heavy atom. The van der Waals surface area contributed by atoms with Gasteiger partial charge in [0, 0.05) is 19.2 Å². The van der Waals surface area contributed by atoms with Gasteiger partial charge in [-0.1, -0.05) is 17.4 Å². The van der Waals surface area contributed by atoms with E-state index in [-0.39, 0.29) is 5.91 Å². The maximum atomic E-state index is 13.3. The summed E-state index contributed by atoms with van der Waals surface area (Å²) in [5.41, 5.74) is 4.04. The van der Waals surface area contributed by atoms with Gasteiger partial charge in [-0.3, -0.25) is 9.69 Å². The van der Waals surface area contributed by atoms with Crippen molar-refractivity contribution in [1.29, 1.82) is 0 Å². The molecule has 0 saturated carbocycles.